The zero-order valence-corrected chi connectivity index (χ0v) is 15.1. The van der Waals surface area contributed by atoms with Crippen molar-refractivity contribution >= 4 is 23.5 Å². The molecule has 0 aliphatic carbocycles. The molecule has 0 aliphatic rings. The molecule has 0 saturated heterocycles. The molecule has 0 aromatic heterocycles. The molecule has 0 unspecified atom stereocenters. The molecule has 1 aromatic carbocycles. The smallest absolute Gasteiger partial charge is 0.323 e. The number of hydrogen-bond acceptors (Lipinski definition) is 4. The number of amides is 1. The fourth-order valence-electron chi connectivity index (χ4n) is 2.17. The van der Waals surface area contributed by atoms with E-state index in [0.29, 0.717) is 37.7 Å². The van der Waals surface area contributed by atoms with E-state index in [1.807, 2.05) is 20.8 Å². The van der Waals surface area contributed by atoms with Gasteiger partial charge in [-0.3, -0.25) is 9.59 Å². The number of hydrogen-bond donors (Lipinski definition) is 1. The summed E-state index contributed by atoms with van der Waals surface area (Å²) in [6.07, 6.45) is 1.47. The molecule has 7 heteroatoms. The summed E-state index contributed by atoms with van der Waals surface area (Å²) in [6.45, 7) is 6.53. The molecule has 1 N–H and O–H groups in total. The molecule has 0 saturated carbocycles. The van der Waals surface area contributed by atoms with Gasteiger partial charge in [-0.1, -0.05) is 25.4 Å². The van der Waals surface area contributed by atoms with E-state index in [1.54, 1.807) is 6.07 Å². The Morgan fingerprint density at radius 3 is 2.42 bits per heavy atom. The van der Waals surface area contributed by atoms with Crippen molar-refractivity contribution in [2.24, 2.45) is 0 Å². The standard InChI is InChI=1S/C17H24ClNO5/c1-4-7-19(11-15(20)21)17(22)12-9-13(18)16(24-8-5-2)14(10-12)23-6-3/h9-10H,4-8,11H2,1-3H3,(H,20,21). The van der Waals surface area contributed by atoms with Crippen LogP contribution >= 0.6 is 11.6 Å². The van der Waals surface area contributed by atoms with Crippen LogP contribution in [-0.2, 0) is 4.79 Å². The minimum absolute atomic E-state index is 0.268. The van der Waals surface area contributed by atoms with Gasteiger partial charge in [-0.15, -0.1) is 0 Å². The first-order chi connectivity index (χ1) is 11.4. The van der Waals surface area contributed by atoms with Gasteiger partial charge in [0.25, 0.3) is 5.91 Å². The first kappa shape index (κ1) is 20.1. The molecule has 1 amide bonds. The van der Waals surface area contributed by atoms with Crippen LogP contribution in [0.15, 0.2) is 12.1 Å². The molecule has 0 radical (unpaired) electrons. The normalized spacial score (nSPS) is 10.3. The number of carbonyl (C=O) groups excluding carboxylic acids is 1. The lowest BCUT2D eigenvalue weighted by atomic mass is 10.1. The minimum Gasteiger partial charge on any atom is -0.490 e. The van der Waals surface area contributed by atoms with E-state index in [2.05, 4.69) is 0 Å². The van der Waals surface area contributed by atoms with Crippen molar-refractivity contribution in [3.05, 3.63) is 22.7 Å². The van der Waals surface area contributed by atoms with Gasteiger partial charge in [-0.25, -0.2) is 0 Å². The van der Waals surface area contributed by atoms with Crippen molar-refractivity contribution < 1.29 is 24.2 Å². The van der Waals surface area contributed by atoms with Gasteiger partial charge in [0.2, 0.25) is 0 Å². The largest absolute Gasteiger partial charge is 0.490 e. The number of nitrogens with zero attached hydrogens (tertiary/aromatic N) is 1. The van der Waals surface area contributed by atoms with Crippen molar-refractivity contribution in [2.75, 3.05) is 26.3 Å². The average molecular weight is 358 g/mol. The fourth-order valence-corrected chi connectivity index (χ4v) is 2.43. The van der Waals surface area contributed by atoms with Crippen LogP contribution in [0.4, 0.5) is 0 Å². The van der Waals surface area contributed by atoms with Crippen LogP contribution in [0, 0.1) is 0 Å². The Morgan fingerprint density at radius 2 is 1.88 bits per heavy atom. The Hall–Kier alpha value is -1.95. The summed E-state index contributed by atoms with van der Waals surface area (Å²) in [6, 6.07) is 3.04. The number of carbonyl (C=O) groups is 2. The van der Waals surface area contributed by atoms with Crippen molar-refractivity contribution in [3.63, 3.8) is 0 Å². The van der Waals surface area contributed by atoms with Crippen molar-refractivity contribution in [2.45, 2.75) is 33.6 Å². The van der Waals surface area contributed by atoms with Crippen molar-refractivity contribution in [1.29, 1.82) is 0 Å². The van der Waals surface area contributed by atoms with Gasteiger partial charge in [0.1, 0.15) is 6.54 Å². The van der Waals surface area contributed by atoms with Crippen molar-refractivity contribution in [1.82, 2.24) is 4.90 Å². The van der Waals surface area contributed by atoms with Gasteiger partial charge in [-0.2, -0.15) is 0 Å². The Balaban J connectivity index is 3.17. The third-order valence-electron chi connectivity index (χ3n) is 3.11. The number of aliphatic carboxylic acids is 1. The third kappa shape index (κ3) is 5.60. The molecule has 0 spiro atoms. The number of halogens is 1. The van der Waals surface area contributed by atoms with Crippen molar-refractivity contribution in [3.8, 4) is 11.5 Å². The molecule has 24 heavy (non-hydrogen) atoms. The molecular weight excluding hydrogens is 334 g/mol. The van der Waals surface area contributed by atoms with Gasteiger partial charge in [0.15, 0.2) is 11.5 Å². The van der Waals surface area contributed by atoms with Crippen LogP contribution in [0.5, 0.6) is 11.5 Å². The second kappa shape index (κ2) is 10.0. The highest BCUT2D eigenvalue weighted by Crippen LogP contribution is 2.37. The Labute approximate surface area is 147 Å². The van der Waals surface area contributed by atoms with Crippen LogP contribution in [-0.4, -0.2) is 48.2 Å². The molecular formula is C17H24ClNO5. The molecule has 0 aliphatic heterocycles. The molecule has 0 atom stereocenters. The predicted molar refractivity (Wildman–Crippen MR) is 92.2 cm³/mol. The Kier molecular flexibility index (Phi) is 8.40. The van der Waals surface area contributed by atoms with Crippen LogP contribution in [0.2, 0.25) is 5.02 Å². The maximum atomic E-state index is 12.6. The zero-order chi connectivity index (χ0) is 18.1. The number of rotatable bonds is 10. The summed E-state index contributed by atoms with van der Waals surface area (Å²) in [7, 11) is 0. The topological polar surface area (TPSA) is 76.1 Å². The second-order valence-corrected chi connectivity index (χ2v) is 5.59. The van der Waals surface area contributed by atoms with Gasteiger partial charge >= 0.3 is 5.97 Å². The highest BCUT2D eigenvalue weighted by Gasteiger charge is 2.21. The number of carboxylic acid groups (broad SMARTS) is 1. The quantitative estimate of drug-likeness (QED) is 0.694. The molecule has 1 rings (SSSR count). The average Bonchev–Trinajstić information content (AvgIpc) is 2.52. The van der Waals surface area contributed by atoms with Crippen LogP contribution in [0.3, 0.4) is 0 Å². The SMILES string of the molecule is CCCOc1c(Cl)cc(C(=O)N(CCC)CC(=O)O)cc1OCC. The molecule has 0 heterocycles. The van der Waals surface area contributed by atoms with E-state index in [1.165, 1.54) is 11.0 Å². The van der Waals surface area contributed by atoms with E-state index in [0.717, 1.165) is 6.42 Å². The Bertz CT molecular complexity index is 576. The van der Waals surface area contributed by atoms with E-state index < -0.39 is 11.9 Å². The lowest BCUT2D eigenvalue weighted by Crippen LogP contribution is -2.36. The van der Waals surface area contributed by atoms with Crippen LogP contribution < -0.4 is 9.47 Å². The summed E-state index contributed by atoms with van der Waals surface area (Å²) in [5, 5.41) is 9.24. The Morgan fingerprint density at radius 1 is 1.17 bits per heavy atom. The minimum atomic E-state index is -1.06. The zero-order valence-electron chi connectivity index (χ0n) is 14.3. The second-order valence-electron chi connectivity index (χ2n) is 5.19. The number of benzene rings is 1. The van der Waals surface area contributed by atoms with E-state index in [9.17, 15) is 9.59 Å². The summed E-state index contributed by atoms with van der Waals surface area (Å²) >= 11 is 6.25. The monoisotopic (exact) mass is 357 g/mol. The van der Waals surface area contributed by atoms with Gasteiger partial charge in [-0.05, 0) is 31.9 Å². The highest BCUT2D eigenvalue weighted by atomic mass is 35.5. The first-order valence-corrected chi connectivity index (χ1v) is 8.42. The van der Waals surface area contributed by atoms with Crippen LogP contribution in [0.1, 0.15) is 44.0 Å². The lowest BCUT2D eigenvalue weighted by molar-refractivity contribution is -0.137. The van der Waals surface area contributed by atoms with E-state index in [4.69, 9.17) is 26.2 Å². The first-order valence-electron chi connectivity index (χ1n) is 8.04. The molecule has 0 fully saturated rings. The van der Waals surface area contributed by atoms with E-state index in [-0.39, 0.29) is 17.1 Å². The van der Waals surface area contributed by atoms with Gasteiger partial charge in [0, 0.05) is 12.1 Å². The predicted octanol–water partition coefficient (Wildman–Crippen LogP) is 3.46. The third-order valence-corrected chi connectivity index (χ3v) is 3.39. The molecule has 6 nitrogen and oxygen atoms in total. The van der Waals surface area contributed by atoms with Gasteiger partial charge in [0.05, 0.1) is 18.2 Å². The number of carboxylic acids is 1. The summed E-state index contributed by atoms with van der Waals surface area (Å²) in [5.74, 6) is -0.675. The molecule has 0 bridgehead atoms. The number of ether oxygens (including phenoxy) is 2. The lowest BCUT2D eigenvalue weighted by Gasteiger charge is -2.21. The summed E-state index contributed by atoms with van der Waals surface area (Å²) in [4.78, 5) is 24.9. The van der Waals surface area contributed by atoms with Crippen LogP contribution in [0.25, 0.3) is 0 Å². The maximum Gasteiger partial charge on any atom is 0.323 e. The maximum absolute atomic E-state index is 12.6. The molecule has 134 valence electrons. The summed E-state index contributed by atoms with van der Waals surface area (Å²) in [5.41, 5.74) is 0.280. The highest BCUT2D eigenvalue weighted by molar-refractivity contribution is 6.32. The van der Waals surface area contributed by atoms with E-state index >= 15 is 0 Å². The van der Waals surface area contributed by atoms with Gasteiger partial charge < -0.3 is 19.5 Å². The summed E-state index contributed by atoms with van der Waals surface area (Å²) < 4.78 is 11.1. The fraction of sp³-hybridized carbons (Fsp3) is 0.529. The molecule has 1 aromatic rings.